The smallest absolute Gasteiger partial charge is 0.496 e. The Hall–Kier alpha value is 0.0262. The maximum Gasteiger partial charge on any atom is 0.560 e. The van der Waals surface area contributed by atoms with Gasteiger partial charge >= 0.3 is 16.0 Å². The number of methoxy groups -OCH3 is 2. The van der Waals surface area contributed by atoms with Crippen LogP contribution in [0.5, 0.6) is 11.5 Å². The molecule has 2 rings (SSSR count). The van der Waals surface area contributed by atoms with Crippen molar-refractivity contribution in [2.75, 3.05) is 14.2 Å². The number of allylic oxidation sites excluding steroid dienone is 3. The van der Waals surface area contributed by atoms with E-state index in [2.05, 4.69) is 58.3 Å². The quantitative estimate of drug-likeness (QED) is 0.420. The van der Waals surface area contributed by atoms with Crippen molar-refractivity contribution in [3.8, 4) is 11.5 Å². The minimum atomic E-state index is 0.0417. The van der Waals surface area contributed by atoms with E-state index in [4.69, 9.17) is 9.47 Å². The topological polar surface area (TPSA) is 18.5 Å². The van der Waals surface area contributed by atoms with Crippen molar-refractivity contribution < 1.29 is 9.47 Å². The van der Waals surface area contributed by atoms with Crippen LogP contribution in [-0.2, 0) is 0 Å². The van der Waals surface area contributed by atoms with E-state index in [1.165, 1.54) is 11.1 Å². The molecule has 0 N–H and O–H groups in total. The van der Waals surface area contributed by atoms with E-state index in [9.17, 15) is 0 Å². The normalized spacial score (nSPS) is 19.7. The van der Waals surface area contributed by atoms with Gasteiger partial charge in [-0.25, -0.2) is 0 Å². The van der Waals surface area contributed by atoms with E-state index < -0.39 is 0 Å². The van der Waals surface area contributed by atoms with Crippen molar-refractivity contribution in [2.45, 2.75) is 32.6 Å². The molecule has 0 heterocycles. The Morgan fingerprint density at radius 3 is 2.22 bits per heavy atom. The van der Waals surface area contributed by atoms with Gasteiger partial charge in [-0.15, -0.1) is 0 Å². The number of hydrogen-bond acceptors (Lipinski definition) is 2. The summed E-state index contributed by atoms with van der Waals surface area (Å²) in [6, 6.07) is 6.83. The second-order valence-electron chi connectivity index (χ2n) is 5.64. The van der Waals surface area contributed by atoms with Gasteiger partial charge in [0.1, 0.15) is 11.5 Å². The van der Waals surface area contributed by atoms with Gasteiger partial charge in [0.15, 0.2) is 0 Å². The van der Waals surface area contributed by atoms with Crippen molar-refractivity contribution in [3.63, 3.8) is 0 Å². The van der Waals surface area contributed by atoms with Crippen LogP contribution in [0.25, 0.3) is 0 Å². The average Bonchev–Trinajstić information content (AvgIpc) is 2.54. The van der Waals surface area contributed by atoms with Crippen molar-refractivity contribution >= 4 is 41.8 Å². The van der Waals surface area contributed by atoms with Gasteiger partial charge in [0, 0.05) is 11.5 Å². The van der Waals surface area contributed by atoms with Gasteiger partial charge in [-0.2, -0.15) is 0 Å². The van der Waals surface area contributed by atoms with Gasteiger partial charge in [-0.3, -0.25) is 25.8 Å². The number of rotatable bonds is 4. The Balaban J connectivity index is 0.000000816. The van der Waals surface area contributed by atoms with E-state index in [0.717, 1.165) is 29.9 Å². The molecule has 0 aliphatic heterocycles. The predicted octanol–water partition coefficient (Wildman–Crippen LogP) is 5.83. The fourth-order valence-electron chi connectivity index (χ4n) is 3.04. The molecule has 5 heteroatoms. The molecule has 0 amide bonds. The number of ether oxygens (including phenoxy) is 2. The molecule has 2 nitrogen and oxygen atoms in total. The Bertz CT molecular complexity index is 536. The minimum Gasteiger partial charge on any atom is -0.496 e. The van der Waals surface area contributed by atoms with Crippen LogP contribution in [0.2, 0.25) is 0 Å². The molecule has 23 heavy (non-hydrogen) atoms. The van der Waals surface area contributed by atoms with Gasteiger partial charge in [0.2, 0.25) is 0 Å². The molecular formula is C18H23Br2MgO2. The highest BCUT2D eigenvalue weighted by atomic mass is 79.9. The third-order valence-corrected chi connectivity index (χ3v) is 4.11. The van der Waals surface area contributed by atoms with Gasteiger partial charge in [-0.1, -0.05) is 23.8 Å². The van der Waals surface area contributed by atoms with E-state index in [1.54, 1.807) is 14.2 Å². The fraction of sp³-hybridized carbons (Fsp3) is 0.444. The third-order valence-electron chi connectivity index (χ3n) is 4.11. The maximum atomic E-state index is 5.53. The lowest BCUT2D eigenvalue weighted by Gasteiger charge is -2.32. The lowest BCUT2D eigenvalue weighted by atomic mass is 9.74. The SMILES string of the molecule is C=C(C)[C@@H]1CCC(C)=C[C@H]1c1c(OC)c[c]cc1OC.[Br][Mg][Br]. The van der Waals surface area contributed by atoms with Crippen molar-refractivity contribution in [1.29, 1.82) is 0 Å². The molecule has 0 spiro atoms. The largest absolute Gasteiger partial charge is 0.560 e. The molecule has 1 aromatic rings. The van der Waals surface area contributed by atoms with Gasteiger partial charge < -0.3 is 9.47 Å². The zero-order valence-corrected chi connectivity index (χ0v) is 18.9. The monoisotopic (exact) mass is 453 g/mol. The first kappa shape index (κ1) is 21.1. The molecule has 1 radical (unpaired) electrons. The van der Waals surface area contributed by atoms with Crippen LogP contribution in [-0.4, -0.2) is 30.2 Å². The second kappa shape index (κ2) is 10.8. The maximum absolute atomic E-state index is 5.53. The van der Waals surface area contributed by atoms with Crippen LogP contribution >= 0.6 is 25.8 Å². The molecule has 0 saturated carbocycles. The lowest BCUT2D eigenvalue weighted by Crippen LogP contribution is -2.18. The summed E-state index contributed by atoms with van der Waals surface area (Å²) in [6.45, 7) is 8.47. The van der Waals surface area contributed by atoms with Crippen LogP contribution in [0.3, 0.4) is 0 Å². The summed E-state index contributed by atoms with van der Waals surface area (Å²) in [5.41, 5.74) is 3.75. The average molecular weight is 455 g/mol. The zero-order chi connectivity index (χ0) is 17.4. The summed E-state index contributed by atoms with van der Waals surface area (Å²) in [6.07, 6.45) is 4.61. The predicted molar refractivity (Wildman–Crippen MR) is 106 cm³/mol. The van der Waals surface area contributed by atoms with E-state index >= 15 is 0 Å². The Morgan fingerprint density at radius 2 is 1.78 bits per heavy atom. The zero-order valence-electron chi connectivity index (χ0n) is 14.3. The third kappa shape index (κ3) is 5.80. The van der Waals surface area contributed by atoms with Crippen molar-refractivity contribution in [1.82, 2.24) is 0 Å². The highest BCUT2D eigenvalue weighted by Gasteiger charge is 2.30. The Labute approximate surface area is 162 Å². The Morgan fingerprint density at radius 1 is 1.26 bits per heavy atom. The number of benzene rings is 1. The van der Waals surface area contributed by atoms with Crippen LogP contribution in [0.15, 0.2) is 35.9 Å². The minimum absolute atomic E-state index is 0.0417. The first-order valence-electron chi connectivity index (χ1n) is 7.56. The fourth-order valence-corrected chi connectivity index (χ4v) is 3.04. The first-order chi connectivity index (χ1) is 11.0. The van der Waals surface area contributed by atoms with Crippen LogP contribution in [0.1, 0.15) is 38.2 Å². The van der Waals surface area contributed by atoms with Crippen LogP contribution in [0.4, 0.5) is 0 Å². The summed E-state index contributed by atoms with van der Waals surface area (Å²) >= 11 is 6.44. The van der Waals surface area contributed by atoms with Crippen LogP contribution < -0.4 is 9.47 Å². The molecule has 1 aromatic carbocycles. The molecule has 0 aromatic heterocycles. The highest BCUT2D eigenvalue weighted by molar-refractivity contribution is 9.47. The molecule has 123 valence electrons. The van der Waals surface area contributed by atoms with E-state index in [0.29, 0.717) is 5.92 Å². The van der Waals surface area contributed by atoms with Gasteiger partial charge in [0.25, 0.3) is 0 Å². The first-order valence-corrected chi connectivity index (χ1v) is 15.4. The molecule has 0 saturated heterocycles. The molecule has 1 aliphatic rings. The van der Waals surface area contributed by atoms with E-state index in [1.807, 2.05) is 12.1 Å². The van der Waals surface area contributed by atoms with Crippen molar-refractivity contribution in [3.05, 3.63) is 47.6 Å². The van der Waals surface area contributed by atoms with Crippen molar-refractivity contribution in [2.24, 2.45) is 5.92 Å². The summed E-state index contributed by atoms with van der Waals surface area (Å²) < 4.78 is 11.1. The van der Waals surface area contributed by atoms with Gasteiger partial charge in [0.05, 0.1) is 14.2 Å². The molecular weight excluding hydrogens is 432 g/mol. The highest BCUT2D eigenvalue weighted by Crippen LogP contribution is 2.46. The summed E-state index contributed by atoms with van der Waals surface area (Å²) in [7, 11) is 3.39. The van der Waals surface area contributed by atoms with Gasteiger partial charge in [-0.05, 0) is 50.8 Å². The second-order valence-corrected chi connectivity index (χ2v) is 13.7. The number of halogens is 2. The lowest BCUT2D eigenvalue weighted by molar-refractivity contribution is 0.369. The molecule has 0 bridgehead atoms. The van der Waals surface area contributed by atoms with E-state index in [-0.39, 0.29) is 21.9 Å². The molecule has 2 atom stereocenters. The Kier molecular flexibility index (Phi) is 9.89. The summed E-state index contributed by atoms with van der Waals surface area (Å²) in [5, 5.41) is 0. The molecule has 0 fully saturated rings. The number of hydrogen-bond donors (Lipinski definition) is 0. The standard InChI is InChI=1S/C18H23O2.2BrH.Mg/c1-12(2)14-10-9-13(3)11-15(14)18-16(19-4)7-6-8-17(18)20-5;;;/h7-8,11,14-15H,1,9-10H2,2-5H3;2*1H;/q;;;+2/p-2/t14-,15+;;;/m0.../s1. The van der Waals surface area contributed by atoms with Crippen LogP contribution in [0, 0.1) is 12.0 Å². The summed E-state index contributed by atoms with van der Waals surface area (Å²) in [4.78, 5) is 0. The molecule has 0 unspecified atom stereocenters. The molecule has 1 aliphatic carbocycles. The summed E-state index contributed by atoms with van der Waals surface area (Å²) in [5.74, 6) is 2.38.